The number of hydrogen-bond acceptors (Lipinski definition) is 7. The molecule has 2 aromatic heterocycles. The van der Waals surface area contributed by atoms with Gasteiger partial charge in [0, 0.05) is 6.54 Å². The molecule has 0 aliphatic heterocycles. The maximum absolute atomic E-state index is 12.7. The molecule has 0 fully saturated rings. The van der Waals surface area contributed by atoms with E-state index in [0.29, 0.717) is 23.4 Å². The van der Waals surface area contributed by atoms with Gasteiger partial charge in [-0.3, -0.25) is 4.72 Å². The van der Waals surface area contributed by atoms with E-state index < -0.39 is 10.0 Å². The number of nitrogens with one attached hydrogen (secondary N) is 2. The summed E-state index contributed by atoms with van der Waals surface area (Å²) in [6.07, 6.45) is 0.732. The van der Waals surface area contributed by atoms with E-state index in [4.69, 9.17) is 4.74 Å². The van der Waals surface area contributed by atoms with Gasteiger partial charge in [-0.05, 0) is 47.7 Å². The summed E-state index contributed by atoms with van der Waals surface area (Å²) < 4.78 is 33.4. The van der Waals surface area contributed by atoms with Crippen molar-refractivity contribution >= 4 is 44.0 Å². The smallest absolute Gasteiger partial charge is 0.272 e. The molecule has 4 rings (SSSR count). The molecule has 0 radical (unpaired) electrons. The zero-order valence-electron chi connectivity index (χ0n) is 16.2. The van der Waals surface area contributed by atoms with Gasteiger partial charge in [0.05, 0.1) is 18.1 Å². The minimum absolute atomic E-state index is 0.178. The van der Waals surface area contributed by atoms with Gasteiger partial charge in [0.25, 0.3) is 10.0 Å². The minimum atomic E-state index is -3.73. The Morgan fingerprint density at radius 3 is 2.27 bits per heavy atom. The Balaban J connectivity index is 1.58. The lowest BCUT2D eigenvalue weighted by Crippen LogP contribution is -2.16. The van der Waals surface area contributed by atoms with Crippen LogP contribution in [0, 0.1) is 0 Å². The molecule has 2 aromatic carbocycles. The van der Waals surface area contributed by atoms with Crippen molar-refractivity contribution in [2.75, 3.05) is 23.7 Å². The van der Waals surface area contributed by atoms with Crippen LogP contribution in [0.5, 0.6) is 5.75 Å². The van der Waals surface area contributed by atoms with E-state index in [-0.39, 0.29) is 10.0 Å². The fourth-order valence-electron chi connectivity index (χ4n) is 2.91. The van der Waals surface area contributed by atoms with E-state index in [1.807, 2.05) is 42.5 Å². The van der Waals surface area contributed by atoms with Crippen molar-refractivity contribution in [1.82, 2.24) is 9.97 Å². The number of hydrogen-bond donors (Lipinski definition) is 2. The molecule has 2 N–H and O–H groups in total. The first kappa shape index (κ1) is 20.1. The first-order valence-electron chi connectivity index (χ1n) is 9.25. The fourth-order valence-corrected chi connectivity index (χ4v) is 4.91. The van der Waals surface area contributed by atoms with Crippen LogP contribution in [0.25, 0.3) is 11.0 Å². The second kappa shape index (κ2) is 8.68. The largest absolute Gasteiger partial charge is 0.497 e. The third kappa shape index (κ3) is 4.52. The number of benzene rings is 2. The number of rotatable bonds is 8. The molecule has 0 bridgehead atoms. The van der Waals surface area contributed by atoms with E-state index in [1.165, 1.54) is 0 Å². The first-order valence-corrected chi connectivity index (χ1v) is 11.6. The van der Waals surface area contributed by atoms with Crippen LogP contribution in [-0.4, -0.2) is 32.0 Å². The molecule has 7 nitrogen and oxygen atoms in total. The Morgan fingerprint density at radius 1 is 0.933 bits per heavy atom. The normalized spacial score (nSPS) is 11.4. The molecule has 4 aromatic rings. The molecule has 0 aliphatic rings. The molecule has 30 heavy (non-hydrogen) atoms. The van der Waals surface area contributed by atoms with E-state index in [0.717, 1.165) is 29.1 Å². The highest BCUT2D eigenvalue weighted by Gasteiger charge is 2.19. The summed E-state index contributed by atoms with van der Waals surface area (Å²) in [5.41, 5.74) is 2.42. The van der Waals surface area contributed by atoms with Crippen LogP contribution < -0.4 is 14.8 Å². The average molecular weight is 441 g/mol. The summed E-state index contributed by atoms with van der Waals surface area (Å²) in [5.74, 6) is 1.37. The molecule has 0 saturated carbocycles. The molecule has 0 amide bonds. The van der Waals surface area contributed by atoms with Gasteiger partial charge in [-0.1, -0.05) is 30.3 Å². The SMILES string of the molecule is COc1ccc(CCNc2nc3ccccc3nc2NS(=O)(=O)c2cccs2)cc1. The predicted molar refractivity (Wildman–Crippen MR) is 120 cm³/mol. The summed E-state index contributed by atoms with van der Waals surface area (Å²) in [6, 6.07) is 18.4. The molecule has 154 valence electrons. The Kier molecular flexibility index (Phi) is 5.82. The quantitative estimate of drug-likeness (QED) is 0.427. The first-order chi connectivity index (χ1) is 14.5. The van der Waals surface area contributed by atoms with Crippen molar-refractivity contribution in [3.8, 4) is 5.75 Å². The molecule has 0 unspecified atom stereocenters. The van der Waals surface area contributed by atoms with E-state index >= 15 is 0 Å². The Bertz CT molecular complexity index is 1240. The van der Waals surface area contributed by atoms with Crippen LogP contribution in [0.1, 0.15) is 5.56 Å². The van der Waals surface area contributed by atoms with Gasteiger partial charge in [-0.25, -0.2) is 18.4 Å². The van der Waals surface area contributed by atoms with Crippen LogP contribution in [0.2, 0.25) is 0 Å². The molecule has 0 aliphatic carbocycles. The summed E-state index contributed by atoms with van der Waals surface area (Å²) >= 11 is 1.15. The number of para-hydroxylation sites is 2. The van der Waals surface area contributed by atoms with Crippen molar-refractivity contribution < 1.29 is 13.2 Å². The minimum Gasteiger partial charge on any atom is -0.497 e. The molecule has 0 atom stereocenters. The van der Waals surface area contributed by atoms with E-state index in [1.54, 1.807) is 30.7 Å². The van der Waals surface area contributed by atoms with Gasteiger partial charge in [0.2, 0.25) is 0 Å². The Labute approximate surface area is 178 Å². The second-order valence-electron chi connectivity index (χ2n) is 6.47. The number of anilines is 2. The van der Waals surface area contributed by atoms with Crippen LogP contribution in [0.3, 0.4) is 0 Å². The summed E-state index contributed by atoms with van der Waals surface area (Å²) in [5, 5.41) is 4.94. The average Bonchev–Trinajstić information content (AvgIpc) is 3.30. The lowest BCUT2D eigenvalue weighted by atomic mass is 10.1. The fraction of sp³-hybridized carbons (Fsp3) is 0.143. The van der Waals surface area contributed by atoms with Crippen molar-refractivity contribution in [2.24, 2.45) is 0 Å². The second-order valence-corrected chi connectivity index (χ2v) is 9.33. The van der Waals surface area contributed by atoms with Crippen molar-refractivity contribution in [1.29, 1.82) is 0 Å². The molecule has 9 heteroatoms. The Morgan fingerprint density at radius 2 is 1.63 bits per heavy atom. The maximum Gasteiger partial charge on any atom is 0.272 e. The lowest BCUT2D eigenvalue weighted by molar-refractivity contribution is 0.414. The van der Waals surface area contributed by atoms with Gasteiger partial charge in [0.1, 0.15) is 9.96 Å². The number of thiophene rings is 1. The molecule has 2 heterocycles. The van der Waals surface area contributed by atoms with E-state index in [2.05, 4.69) is 20.0 Å². The van der Waals surface area contributed by atoms with Crippen molar-refractivity contribution in [2.45, 2.75) is 10.6 Å². The highest BCUT2D eigenvalue weighted by molar-refractivity contribution is 7.94. The lowest BCUT2D eigenvalue weighted by Gasteiger charge is -2.13. The number of aromatic nitrogens is 2. The van der Waals surface area contributed by atoms with Crippen molar-refractivity contribution in [3.63, 3.8) is 0 Å². The highest BCUT2D eigenvalue weighted by atomic mass is 32.2. The highest BCUT2D eigenvalue weighted by Crippen LogP contribution is 2.26. The number of sulfonamides is 1. The van der Waals surface area contributed by atoms with Gasteiger partial charge in [-0.2, -0.15) is 0 Å². The maximum atomic E-state index is 12.7. The van der Waals surface area contributed by atoms with Gasteiger partial charge < -0.3 is 10.1 Å². The van der Waals surface area contributed by atoms with Crippen LogP contribution >= 0.6 is 11.3 Å². The number of ether oxygens (including phenoxy) is 1. The molecule has 0 spiro atoms. The number of fused-ring (bicyclic) bond motifs is 1. The van der Waals surface area contributed by atoms with E-state index in [9.17, 15) is 8.42 Å². The van der Waals surface area contributed by atoms with Gasteiger partial charge >= 0.3 is 0 Å². The van der Waals surface area contributed by atoms with Crippen LogP contribution in [0.4, 0.5) is 11.6 Å². The standard InChI is InChI=1S/C21H20N4O3S2/c1-28-16-10-8-15(9-11-16)12-13-22-20-21(24-18-6-3-2-5-17(18)23-20)25-30(26,27)19-7-4-14-29-19/h2-11,14H,12-13H2,1H3,(H,22,23)(H,24,25). The topological polar surface area (TPSA) is 93.2 Å². The van der Waals surface area contributed by atoms with Gasteiger partial charge in [-0.15, -0.1) is 11.3 Å². The molecular formula is C21H20N4O3S2. The Hall–Kier alpha value is -3.17. The monoisotopic (exact) mass is 440 g/mol. The predicted octanol–water partition coefficient (Wildman–Crippen LogP) is 4.16. The van der Waals surface area contributed by atoms with Crippen molar-refractivity contribution in [3.05, 3.63) is 71.6 Å². The molecule has 0 saturated heterocycles. The van der Waals surface area contributed by atoms with Gasteiger partial charge in [0.15, 0.2) is 11.6 Å². The van der Waals surface area contributed by atoms with Crippen LogP contribution in [0.15, 0.2) is 70.3 Å². The zero-order chi connectivity index (χ0) is 21.0. The third-order valence-corrected chi connectivity index (χ3v) is 7.16. The zero-order valence-corrected chi connectivity index (χ0v) is 17.8. The third-order valence-electron chi connectivity index (χ3n) is 4.43. The summed E-state index contributed by atoms with van der Waals surface area (Å²) in [7, 11) is -2.10. The number of methoxy groups -OCH3 is 1. The van der Waals surface area contributed by atoms with Crippen LogP contribution in [-0.2, 0) is 16.4 Å². The summed E-state index contributed by atoms with van der Waals surface area (Å²) in [4.78, 5) is 9.07. The summed E-state index contributed by atoms with van der Waals surface area (Å²) in [6.45, 7) is 0.563. The molecular weight excluding hydrogens is 420 g/mol. The number of nitrogens with zero attached hydrogens (tertiary/aromatic N) is 2.